The summed E-state index contributed by atoms with van der Waals surface area (Å²) >= 11 is 0. The summed E-state index contributed by atoms with van der Waals surface area (Å²) in [6, 6.07) is 3.69. The van der Waals surface area contributed by atoms with Crippen LogP contribution in [0.4, 0.5) is 5.82 Å². The number of ether oxygens (including phenoxy) is 1. The lowest BCUT2D eigenvalue weighted by molar-refractivity contribution is -0.0424. The van der Waals surface area contributed by atoms with Crippen molar-refractivity contribution >= 4 is 5.82 Å². The fraction of sp³-hybridized carbons (Fsp3) is 0.615. The molecular weight excluding hydrogens is 232 g/mol. The summed E-state index contributed by atoms with van der Waals surface area (Å²) in [5.41, 5.74) is 0.809. The predicted octanol–water partition coefficient (Wildman–Crippen LogP) is 0.721. The van der Waals surface area contributed by atoms with E-state index in [2.05, 4.69) is 9.88 Å². The van der Waals surface area contributed by atoms with Crippen LogP contribution in [0.3, 0.4) is 0 Å². The van der Waals surface area contributed by atoms with Gasteiger partial charge in [0.15, 0.2) is 0 Å². The smallest absolute Gasteiger partial charge is 0.134 e. The molecule has 3 atom stereocenters. The van der Waals surface area contributed by atoms with Crippen molar-refractivity contribution in [2.24, 2.45) is 0 Å². The Morgan fingerprint density at radius 1 is 1.56 bits per heavy atom. The molecule has 1 aliphatic heterocycles. The minimum atomic E-state index is -0.556. The molecule has 5 nitrogen and oxygen atoms in total. The van der Waals surface area contributed by atoms with Gasteiger partial charge in [-0.2, -0.15) is 0 Å². The fourth-order valence-electron chi connectivity index (χ4n) is 2.32. The molecule has 2 heterocycles. The zero-order chi connectivity index (χ0) is 13.1. The monoisotopic (exact) mass is 252 g/mol. The van der Waals surface area contributed by atoms with Crippen LogP contribution < -0.4 is 4.90 Å². The lowest BCUT2D eigenvalue weighted by Gasteiger charge is -2.37. The molecule has 0 spiro atoms. The Hall–Kier alpha value is -1.17. The van der Waals surface area contributed by atoms with Gasteiger partial charge in [0, 0.05) is 24.8 Å². The molecule has 0 radical (unpaired) electrons. The summed E-state index contributed by atoms with van der Waals surface area (Å²) in [6.07, 6.45) is 1.01. The molecule has 2 N–H and O–H groups in total. The average Bonchev–Trinajstić information content (AvgIpc) is 2.38. The Kier molecular flexibility index (Phi) is 4.16. The van der Waals surface area contributed by atoms with Gasteiger partial charge in [-0.05, 0) is 19.9 Å². The van der Waals surface area contributed by atoms with Crippen molar-refractivity contribution in [1.29, 1.82) is 0 Å². The van der Waals surface area contributed by atoms with Gasteiger partial charge in [0.2, 0.25) is 0 Å². The highest BCUT2D eigenvalue weighted by molar-refractivity contribution is 5.48. The fourth-order valence-corrected chi connectivity index (χ4v) is 2.32. The largest absolute Gasteiger partial charge is 0.394 e. The molecule has 0 saturated carbocycles. The van der Waals surface area contributed by atoms with Crippen LogP contribution in [0.1, 0.15) is 25.5 Å². The van der Waals surface area contributed by atoms with E-state index >= 15 is 0 Å². The third kappa shape index (κ3) is 2.80. The molecule has 18 heavy (non-hydrogen) atoms. The summed E-state index contributed by atoms with van der Waals surface area (Å²) in [7, 11) is 0. The number of morpholine rings is 1. The van der Waals surface area contributed by atoms with Gasteiger partial charge in [0.1, 0.15) is 5.82 Å². The molecule has 2 rings (SSSR count). The van der Waals surface area contributed by atoms with Gasteiger partial charge in [0.05, 0.1) is 24.9 Å². The first kappa shape index (κ1) is 13.3. The van der Waals surface area contributed by atoms with Gasteiger partial charge in [-0.1, -0.05) is 6.07 Å². The normalized spacial score (nSPS) is 26.1. The van der Waals surface area contributed by atoms with Crippen molar-refractivity contribution in [3.05, 3.63) is 23.9 Å². The third-order valence-corrected chi connectivity index (χ3v) is 3.10. The number of aliphatic hydroxyl groups excluding tert-OH is 2. The van der Waals surface area contributed by atoms with Gasteiger partial charge in [-0.25, -0.2) is 4.98 Å². The summed E-state index contributed by atoms with van der Waals surface area (Å²) in [5.74, 6) is 0.779. The molecule has 0 bridgehead atoms. The second-order valence-corrected chi connectivity index (χ2v) is 4.75. The number of aromatic nitrogens is 1. The van der Waals surface area contributed by atoms with Crippen molar-refractivity contribution in [3.63, 3.8) is 0 Å². The highest BCUT2D eigenvalue weighted by Gasteiger charge is 2.27. The SMILES string of the molecule is CC1CN(c2ncccc2[C@@H](C)O)CC(CO)O1. The van der Waals surface area contributed by atoms with Gasteiger partial charge in [0.25, 0.3) is 0 Å². The van der Waals surface area contributed by atoms with Crippen molar-refractivity contribution in [1.82, 2.24) is 4.98 Å². The van der Waals surface area contributed by atoms with E-state index in [4.69, 9.17) is 4.74 Å². The first-order valence-corrected chi connectivity index (χ1v) is 6.26. The molecule has 1 aromatic rings. The topological polar surface area (TPSA) is 65.8 Å². The second kappa shape index (κ2) is 5.65. The molecular formula is C13H20N2O3. The Labute approximate surface area is 107 Å². The highest BCUT2D eigenvalue weighted by atomic mass is 16.5. The molecule has 1 aromatic heterocycles. The molecule has 0 aliphatic carbocycles. The van der Waals surface area contributed by atoms with Crippen LogP contribution in [0.5, 0.6) is 0 Å². The van der Waals surface area contributed by atoms with Gasteiger partial charge in [-0.15, -0.1) is 0 Å². The Bertz CT molecular complexity index is 398. The second-order valence-electron chi connectivity index (χ2n) is 4.75. The quantitative estimate of drug-likeness (QED) is 0.830. The number of pyridine rings is 1. The van der Waals surface area contributed by atoms with Crippen LogP contribution >= 0.6 is 0 Å². The Balaban J connectivity index is 2.25. The number of hydrogen-bond donors (Lipinski definition) is 2. The molecule has 100 valence electrons. The number of aliphatic hydroxyl groups is 2. The molecule has 5 heteroatoms. The van der Waals surface area contributed by atoms with E-state index in [-0.39, 0.29) is 18.8 Å². The van der Waals surface area contributed by atoms with E-state index in [9.17, 15) is 10.2 Å². The summed E-state index contributed by atoms with van der Waals surface area (Å²) in [5, 5.41) is 19.0. The lowest BCUT2D eigenvalue weighted by atomic mass is 10.1. The average molecular weight is 252 g/mol. The first-order valence-electron chi connectivity index (χ1n) is 6.26. The van der Waals surface area contributed by atoms with E-state index < -0.39 is 6.10 Å². The van der Waals surface area contributed by atoms with E-state index in [1.54, 1.807) is 13.1 Å². The maximum absolute atomic E-state index is 9.78. The van der Waals surface area contributed by atoms with Crippen molar-refractivity contribution in [3.8, 4) is 0 Å². The lowest BCUT2D eigenvalue weighted by Crippen LogP contribution is -2.48. The van der Waals surface area contributed by atoms with Crippen molar-refractivity contribution in [2.75, 3.05) is 24.6 Å². The zero-order valence-corrected chi connectivity index (χ0v) is 10.8. The molecule has 2 unspecified atom stereocenters. The summed E-state index contributed by atoms with van der Waals surface area (Å²) < 4.78 is 5.61. The van der Waals surface area contributed by atoms with Crippen LogP contribution in [0.25, 0.3) is 0 Å². The zero-order valence-electron chi connectivity index (χ0n) is 10.8. The number of hydrogen-bond acceptors (Lipinski definition) is 5. The standard InChI is InChI=1S/C13H20N2O3/c1-9-6-15(7-11(8-16)18-9)13-12(10(2)17)4-3-5-14-13/h3-5,9-11,16-17H,6-8H2,1-2H3/t9?,10-,11?/m1/s1. The Morgan fingerprint density at radius 3 is 3.00 bits per heavy atom. The Morgan fingerprint density at radius 2 is 2.33 bits per heavy atom. The highest BCUT2D eigenvalue weighted by Crippen LogP contribution is 2.26. The molecule has 1 fully saturated rings. The minimum absolute atomic E-state index is 0.00230. The van der Waals surface area contributed by atoms with E-state index in [1.807, 2.05) is 19.1 Å². The maximum Gasteiger partial charge on any atom is 0.134 e. The number of rotatable bonds is 3. The number of nitrogens with zero attached hydrogens (tertiary/aromatic N) is 2. The number of anilines is 1. The van der Waals surface area contributed by atoms with E-state index in [1.165, 1.54) is 0 Å². The van der Waals surface area contributed by atoms with Crippen molar-refractivity contribution < 1.29 is 14.9 Å². The maximum atomic E-state index is 9.78. The molecule has 0 amide bonds. The van der Waals surface area contributed by atoms with Gasteiger partial charge in [-0.3, -0.25) is 0 Å². The van der Waals surface area contributed by atoms with E-state index in [0.717, 1.165) is 11.4 Å². The van der Waals surface area contributed by atoms with Crippen LogP contribution in [0, 0.1) is 0 Å². The molecule has 1 aliphatic rings. The van der Waals surface area contributed by atoms with Crippen LogP contribution in [-0.4, -0.2) is 47.1 Å². The van der Waals surface area contributed by atoms with Gasteiger partial charge >= 0.3 is 0 Å². The predicted molar refractivity (Wildman–Crippen MR) is 68.5 cm³/mol. The van der Waals surface area contributed by atoms with Crippen molar-refractivity contribution in [2.45, 2.75) is 32.2 Å². The van der Waals surface area contributed by atoms with Crippen LogP contribution in [-0.2, 0) is 4.74 Å². The van der Waals surface area contributed by atoms with Crippen LogP contribution in [0.2, 0.25) is 0 Å². The van der Waals surface area contributed by atoms with E-state index in [0.29, 0.717) is 13.1 Å². The minimum Gasteiger partial charge on any atom is -0.394 e. The third-order valence-electron chi connectivity index (χ3n) is 3.10. The van der Waals surface area contributed by atoms with Gasteiger partial charge < -0.3 is 19.8 Å². The summed E-state index contributed by atoms with van der Waals surface area (Å²) in [4.78, 5) is 6.42. The molecule has 1 saturated heterocycles. The first-order chi connectivity index (χ1) is 8.61. The molecule has 0 aromatic carbocycles. The summed E-state index contributed by atoms with van der Waals surface area (Å²) in [6.45, 7) is 5.01. The van der Waals surface area contributed by atoms with Crippen LogP contribution in [0.15, 0.2) is 18.3 Å².